The Hall–Kier alpha value is -0.330. The van der Waals surface area contributed by atoms with Crippen LogP contribution in [0.1, 0.15) is 17.3 Å². The lowest BCUT2D eigenvalue weighted by Gasteiger charge is -2.15. The number of rotatable bonds is 1. The molecule has 0 aliphatic heterocycles. The molecule has 0 saturated heterocycles. The maximum absolute atomic E-state index is 12.2. The molecule has 0 aromatic carbocycles. The predicted octanol–water partition coefficient (Wildman–Crippen LogP) is 3.14. The van der Waals surface area contributed by atoms with E-state index in [0.29, 0.717) is 10.0 Å². The largest absolute Gasteiger partial charge is 0.409 e. The Labute approximate surface area is 99.6 Å². The van der Waals surface area contributed by atoms with Crippen molar-refractivity contribution in [2.24, 2.45) is 5.73 Å². The van der Waals surface area contributed by atoms with Crippen LogP contribution < -0.4 is 5.73 Å². The summed E-state index contributed by atoms with van der Waals surface area (Å²) >= 11 is 3.14. The number of hydrogen-bond acceptors (Lipinski definition) is 2. The first kappa shape index (κ1) is 14.7. The van der Waals surface area contributed by atoms with Crippen molar-refractivity contribution in [3.8, 4) is 0 Å². The lowest BCUT2D eigenvalue weighted by atomic mass is 10.1. The van der Waals surface area contributed by atoms with E-state index in [1.807, 2.05) is 0 Å². The Kier molecular flexibility index (Phi) is 5.02. The quantitative estimate of drug-likeness (QED) is 0.866. The summed E-state index contributed by atoms with van der Waals surface area (Å²) in [5.74, 6) is 0. The van der Waals surface area contributed by atoms with Gasteiger partial charge in [0.25, 0.3) is 0 Å². The molecule has 2 nitrogen and oxygen atoms in total. The number of hydrogen-bond donors (Lipinski definition) is 1. The SMILES string of the molecule is Cc1cc([C@H](N)C(F)(F)F)ncc1Br.Cl. The molecule has 2 N–H and O–H groups in total. The third kappa shape index (κ3) is 3.62. The standard InChI is InChI=1S/C8H8BrF3N2.ClH/c1-4-2-6(14-3-5(4)9)7(13)8(10,11)12;/h2-3,7H,13H2,1H3;1H/t7-;/m0./s1. The lowest BCUT2D eigenvalue weighted by molar-refractivity contribution is -0.150. The predicted molar refractivity (Wildman–Crippen MR) is 56.9 cm³/mol. The van der Waals surface area contributed by atoms with Crippen LogP contribution in [0.25, 0.3) is 0 Å². The van der Waals surface area contributed by atoms with E-state index in [2.05, 4.69) is 20.9 Å². The molecule has 86 valence electrons. The van der Waals surface area contributed by atoms with Gasteiger partial charge in [-0.05, 0) is 34.5 Å². The van der Waals surface area contributed by atoms with Gasteiger partial charge in [0.2, 0.25) is 0 Å². The molecule has 1 rings (SSSR count). The summed E-state index contributed by atoms with van der Waals surface area (Å²) in [5, 5.41) is 0. The van der Waals surface area contributed by atoms with Crippen LogP contribution in [0.5, 0.6) is 0 Å². The van der Waals surface area contributed by atoms with Gasteiger partial charge < -0.3 is 5.73 Å². The van der Waals surface area contributed by atoms with Crippen LogP contribution in [0.4, 0.5) is 13.2 Å². The molecule has 0 unspecified atom stereocenters. The fourth-order valence-corrected chi connectivity index (χ4v) is 1.12. The Morgan fingerprint density at radius 3 is 2.40 bits per heavy atom. The Bertz CT molecular complexity index is 343. The van der Waals surface area contributed by atoms with Crippen molar-refractivity contribution < 1.29 is 13.2 Å². The highest BCUT2D eigenvalue weighted by atomic mass is 79.9. The van der Waals surface area contributed by atoms with Gasteiger partial charge in [0.05, 0.1) is 5.69 Å². The van der Waals surface area contributed by atoms with E-state index >= 15 is 0 Å². The van der Waals surface area contributed by atoms with E-state index in [4.69, 9.17) is 5.73 Å². The summed E-state index contributed by atoms with van der Waals surface area (Å²) in [6, 6.07) is -0.698. The van der Waals surface area contributed by atoms with E-state index < -0.39 is 12.2 Å². The van der Waals surface area contributed by atoms with Crippen molar-refractivity contribution in [2.75, 3.05) is 0 Å². The molecule has 0 saturated carbocycles. The third-order valence-corrected chi connectivity index (χ3v) is 2.57. The number of nitrogens with two attached hydrogens (primary N) is 1. The number of nitrogens with zero attached hydrogens (tertiary/aromatic N) is 1. The van der Waals surface area contributed by atoms with Crippen LogP contribution in [0.3, 0.4) is 0 Å². The molecule has 0 bridgehead atoms. The smallest absolute Gasteiger partial charge is 0.315 e. The fourth-order valence-electron chi connectivity index (χ4n) is 0.899. The maximum Gasteiger partial charge on any atom is 0.409 e. The first-order valence-corrected chi connectivity index (χ1v) is 4.56. The summed E-state index contributed by atoms with van der Waals surface area (Å²) in [5.41, 5.74) is 5.50. The van der Waals surface area contributed by atoms with Crippen LogP contribution in [-0.2, 0) is 0 Å². The second-order valence-corrected chi connectivity index (χ2v) is 3.73. The molecule has 1 atom stereocenters. The van der Waals surface area contributed by atoms with Crippen LogP contribution in [0.2, 0.25) is 0 Å². The van der Waals surface area contributed by atoms with Crippen molar-refractivity contribution in [2.45, 2.75) is 19.1 Å². The highest BCUT2D eigenvalue weighted by Gasteiger charge is 2.38. The number of pyridine rings is 1. The molecular formula is C8H9BrClF3N2. The van der Waals surface area contributed by atoms with Gasteiger partial charge in [-0.3, -0.25) is 4.98 Å². The van der Waals surface area contributed by atoms with E-state index in [0.717, 1.165) is 0 Å². The highest BCUT2D eigenvalue weighted by Crippen LogP contribution is 2.30. The van der Waals surface area contributed by atoms with E-state index in [1.54, 1.807) is 6.92 Å². The molecule has 0 amide bonds. The monoisotopic (exact) mass is 304 g/mol. The van der Waals surface area contributed by atoms with Gasteiger partial charge in [0.1, 0.15) is 6.04 Å². The van der Waals surface area contributed by atoms with Gasteiger partial charge >= 0.3 is 6.18 Å². The van der Waals surface area contributed by atoms with E-state index in [1.165, 1.54) is 12.3 Å². The molecule has 0 radical (unpaired) electrons. The zero-order valence-corrected chi connectivity index (χ0v) is 10.1. The van der Waals surface area contributed by atoms with Gasteiger partial charge in [-0.15, -0.1) is 12.4 Å². The molecule has 1 heterocycles. The van der Waals surface area contributed by atoms with E-state index in [9.17, 15) is 13.2 Å². The minimum Gasteiger partial charge on any atom is -0.315 e. The molecule has 15 heavy (non-hydrogen) atoms. The average molecular weight is 306 g/mol. The summed E-state index contributed by atoms with van der Waals surface area (Å²) in [7, 11) is 0. The normalized spacial score (nSPS) is 13.2. The van der Waals surface area contributed by atoms with Crippen LogP contribution in [0.15, 0.2) is 16.7 Å². The number of aryl methyl sites for hydroxylation is 1. The van der Waals surface area contributed by atoms with Crippen LogP contribution in [-0.4, -0.2) is 11.2 Å². The van der Waals surface area contributed by atoms with Crippen LogP contribution in [0, 0.1) is 6.92 Å². The molecule has 1 aromatic heterocycles. The Morgan fingerprint density at radius 2 is 2.00 bits per heavy atom. The summed E-state index contributed by atoms with van der Waals surface area (Å²) in [4.78, 5) is 3.61. The average Bonchev–Trinajstić information content (AvgIpc) is 2.07. The summed E-state index contributed by atoms with van der Waals surface area (Å²) in [6.45, 7) is 1.68. The third-order valence-electron chi connectivity index (χ3n) is 1.74. The first-order chi connectivity index (χ1) is 6.32. The van der Waals surface area contributed by atoms with Crippen molar-refractivity contribution in [3.05, 3.63) is 28.0 Å². The second kappa shape index (κ2) is 5.14. The van der Waals surface area contributed by atoms with Crippen molar-refractivity contribution in [3.63, 3.8) is 0 Å². The van der Waals surface area contributed by atoms with Gasteiger partial charge in [-0.25, -0.2) is 0 Å². The molecule has 0 aliphatic rings. The molecule has 0 fully saturated rings. The summed E-state index contributed by atoms with van der Waals surface area (Å²) in [6.07, 6.45) is -3.14. The molecule has 7 heteroatoms. The second-order valence-electron chi connectivity index (χ2n) is 2.88. The molecular weight excluding hydrogens is 296 g/mol. The fraction of sp³-hybridized carbons (Fsp3) is 0.375. The van der Waals surface area contributed by atoms with Crippen molar-refractivity contribution in [1.29, 1.82) is 0 Å². The van der Waals surface area contributed by atoms with Gasteiger partial charge in [-0.2, -0.15) is 13.2 Å². The minimum atomic E-state index is -4.45. The summed E-state index contributed by atoms with van der Waals surface area (Å²) < 4.78 is 37.2. The van der Waals surface area contributed by atoms with Gasteiger partial charge in [0, 0.05) is 10.7 Å². The topological polar surface area (TPSA) is 38.9 Å². The molecule has 0 spiro atoms. The minimum absolute atomic E-state index is 0. The number of alkyl halides is 3. The number of halogens is 5. The first-order valence-electron chi connectivity index (χ1n) is 3.76. The zero-order valence-electron chi connectivity index (χ0n) is 7.68. The van der Waals surface area contributed by atoms with Crippen LogP contribution >= 0.6 is 28.3 Å². The molecule has 1 aromatic rings. The Morgan fingerprint density at radius 1 is 1.47 bits per heavy atom. The maximum atomic E-state index is 12.2. The van der Waals surface area contributed by atoms with Gasteiger partial charge in [0.15, 0.2) is 0 Å². The Balaban J connectivity index is 0.00000196. The highest BCUT2D eigenvalue weighted by molar-refractivity contribution is 9.10. The lowest BCUT2D eigenvalue weighted by Crippen LogP contribution is -2.29. The molecule has 0 aliphatic carbocycles. The van der Waals surface area contributed by atoms with E-state index in [-0.39, 0.29) is 18.1 Å². The van der Waals surface area contributed by atoms with Crippen molar-refractivity contribution in [1.82, 2.24) is 4.98 Å². The van der Waals surface area contributed by atoms with Gasteiger partial charge in [-0.1, -0.05) is 0 Å². The zero-order chi connectivity index (χ0) is 10.9. The van der Waals surface area contributed by atoms with Crippen molar-refractivity contribution >= 4 is 28.3 Å². The number of aromatic nitrogens is 1.